The van der Waals surface area contributed by atoms with Crippen LogP contribution in [0.4, 0.5) is 0 Å². The van der Waals surface area contributed by atoms with Crippen LogP contribution in [-0.2, 0) is 16.4 Å². The van der Waals surface area contributed by atoms with Gasteiger partial charge in [0, 0.05) is 19.0 Å². The van der Waals surface area contributed by atoms with E-state index in [-0.39, 0.29) is 0 Å². The minimum atomic E-state index is -3.31. The number of benzene rings is 1. The minimum Gasteiger partial charge on any atom is -0.207 e. The van der Waals surface area contributed by atoms with Gasteiger partial charge in [-0.1, -0.05) is 18.6 Å². The third-order valence-electron chi connectivity index (χ3n) is 4.64. The van der Waals surface area contributed by atoms with Crippen LogP contribution < -0.4 is 0 Å². The van der Waals surface area contributed by atoms with Crippen LogP contribution in [0.5, 0.6) is 0 Å². The number of sulfonamides is 1. The van der Waals surface area contributed by atoms with Gasteiger partial charge in [-0.25, -0.2) is 8.42 Å². The van der Waals surface area contributed by atoms with Crippen molar-refractivity contribution in [2.45, 2.75) is 30.6 Å². The molecule has 3 rings (SSSR count). The van der Waals surface area contributed by atoms with E-state index in [0.29, 0.717) is 35.7 Å². The van der Waals surface area contributed by atoms with E-state index in [1.807, 2.05) is 12.1 Å². The van der Waals surface area contributed by atoms with Gasteiger partial charge in [-0.2, -0.15) is 4.31 Å². The van der Waals surface area contributed by atoms with Gasteiger partial charge in [0.25, 0.3) is 0 Å². The fraction of sp³-hybridized carbons (Fsp3) is 0.600. The summed E-state index contributed by atoms with van der Waals surface area (Å²) >= 11 is 5.70. The largest absolute Gasteiger partial charge is 0.243 e. The lowest BCUT2D eigenvalue weighted by atomic mass is 10.0. The zero-order valence-electron chi connectivity index (χ0n) is 11.5. The van der Waals surface area contributed by atoms with E-state index in [4.69, 9.17) is 11.6 Å². The van der Waals surface area contributed by atoms with Gasteiger partial charge in [-0.3, -0.25) is 0 Å². The van der Waals surface area contributed by atoms with Crippen LogP contribution in [-0.4, -0.2) is 31.7 Å². The first kappa shape index (κ1) is 14.4. The fourth-order valence-electron chi connectivity index (χ4n) is 3.47. The maximum absolute atomic E-state index is 12.6. The molecule has 1 aliphatic heterocycles. The lowest BCUT2D eigenvalue weighted by molar-refractivity contribution is 0.445. The molecule has 0 radical (unpaired) electrons. The Balaban J connectivity index is 1.78. The van der Waals surface area contributed by atoms with Crippen LogP contribution >= 0.6 is 11.6 Å². The predicted molar refractivity (Wildman–Crippen MR) is 80.5 cm³/mol. The van der Waals surface area contributed by atoms with Crippen molar-refractivity contribution >= 4 is 21.6 Å². The molecule has 1 aromatic rings. The molecule has 2 fully saturated rings. The summed E-state index contributed by atoms with van der Waals surface area (Å²) in [5.74, 6) is 1.72. The molecular weight excluding hydrogens is 294 g/mol. The summed E-state index contributed by atoms with van der Waals surface area (Å²) in [7, 11) is -3.31. The summed E-state index contributed by atoms with van der Waals surface area (Å²) in [6.07, 6.45) is 4.41. The number of nitrogens with zero attached hydrogens (tertiary/aromatic N) is 1. The van der Waals surface area contributed by atoms with Crippen molar-refractivity contribution in [1.82, 2.24) is 4.31 Å². The molecule has 1 aliphatic carbocycles. The Kier molecular flexibility index (Phi) is 4.07. The highest BCUT2D eigenvalue weighted by molar-refractivity contribution is 7.89. The molecule has 20 heavy (non-hydrogen) atoms. The zero-order valence-corrected chi connectivity index (χ0v) is 13.0. The number of fused-ring (bicyclic) bond motifs is 1. The molecule has 2 atom stereocenters. The van der Waals surface area contributed by atoms with Gasteiger partial charge in [0.2, 0.25) is 10.0 Å². The average Bonchev–Trinajstić information content (AvgIpc) is 3.00. The molecule has 0 N–H and O–H groups in total. The van der Waals surface area contributed by atoms with E-state index in [0.717, 1.165) is 12.0 Å². The molecule has 1 saturated carbocycles. The lowest BCUT2D eigenvalue weighted by Crippen LogP contribution is -2.29. The maximum atomic E-state index is 12.6. The number of alkyl halides is 1. The van der Waals surface area contributed by atoms with Crippen molar-refractivity contribution in [3.05, 3.63) is 29.8 Å². The molecule has 1 saturated heterocycles. The van der Waals surface area contributed by atoms with E-state index in [9.17, 15) is 8.42 Å². The quantitative estimate of drug-likeness (QED) is 0.802. The van der Waals surface area contributed by atoms with Crippen molar-refractivity contribution in [2.75, 3.05) is 19.0 Å². The normalized spacial score (nSPS) is 26.9. The highest BCUT2D eigenvalue weighted by Gasteiger charge is 2.41. The van der Waals surface area contributed by atoms with Crippen LogP contribution in [0, 0.1) is 11.8 Å². The molecule has 1 heterocycles. The second-order valence-electron chi connectivity index (χ2n) is 5.86. The van der Waals surface area contributed by atoms with Crippen LogP contribution in [0.15, 0.2) is 29.2 Å². The van der Waals surface area contributed by atoms with E-state index >= 15 is 0 Å². The van der Waals surface area contributed by atoms with Crippen LogP contribution in [0.3, 0.4) is 0 Å². The zero-order chi connectivity index (χ0) is 14.2. The Morgan fingerprint density at radius 3 is 2.25 bits per heavy atom. The Hall–Kier alpha value is -0.580. The summed E-state index contributed by atoms with van der Waals surface area (Å²) in [5, 5.41) is 0. The van der Waals surface area contributed by atoms with Gasteiger partial charge < -0.3 is 0 Å². The number of hydrogen-bond acceptors (Lipinski definition) is 2. The first-order valence-corrected chi connectivity index (χ1v) is 9.24. The smallest absolute Gasteiger partial charge is 0.207 e. The molecule has 0 spiro atoms. The van der Waals surface area contributed by atoms with Gasteiger partial charge in [0.05, 0.1) is 4.90 Å². The molecule has 5 heteroatoms. The SMILES string of the molecule is O=S(=O)(c1ccc(CCCl)cc1)N1CC2CCCC2C1. The Morgan fingerprint density at radius 2 is 1.70 bits per heavy atom. The summed E-state index contributed by atoms with van der Waals surface area (Å²) in [6.45, 7) is 1.41. The molecule has 2 aliphatic rings. The molecule has 1 aromatic carbocycles. The molecule has 0 aromatic heterocycles. The second-order valence-corrected chi connectivity index (χ2v) is 8.17. The number of halogens is 1. The lowest BCUT2D eigenvalue weighted by Gasteiger charge is -2.17. The summed E-state index contributed by atoms with van der Waals surface area (Å²) in [6, 6.07) is 7.16. The van der Waals surface area contributed by atoms with E-state index in [1.54, 1.807) is 16.4 Å². The van der Waals surface area contributed by atoms with Crippen LogP contribution in [0.1, 0.15) is 24.8 Å². The van der Waals surface area contributed by atoms with E-state index in [1.165, 1.54) is 19.3 Å². The number of hydrogen-bond donors (Lipinski definition) is 0. The molecule has 110 valence electrons. The molecule has 0 amide bonds. The standard InChI is InChI=1S/C15H20ClNO2S/c16-9-8-12-4-6-15(7-5-12)20(18,19)17-10-13-2-1-3-14(13)11-17/h4-7,13-14H,1-3,8-11H2. The summed E-state index contributed by atoms with van der Waals surface area (Å²) < 4.78 is 26.9. The van der Waals surface area contributed by atoms with Gasteiger partial charge >= 0.3 is 0 Å². The van der Waals surface area contributed by atoms with Crippen molar-refractivity contribution in [1.29, 1.82) is 0 Å². The Labute approximate surface area is 126 Å². The third kappa shape index (κ3) is 2.61. The van der Waals surface area contributed by atoms with Crippen molar-refractivity contribution in [3.63, 3.8) is 0 Å². The molecule has 3 nitrogen and oxygen atoms in total. The van der Waals surface area contributed by atoms with Crippen molar-refractivity contribution < 1.29 is 8.42 Å². The van der Waals surface area contributed by atoms with Gasteiger partial charge in [-0.15, -0.1) is 11.6 Å². The molecule has 0 bridgehead atoms. The van der Waals surface area contributed by atoms with Gasteiger partial charge in [-0.05, 0) is 48.8 Å². The highest BCUT2D eigenvalue weighted by atomic mass is 35.5. The molecular formula is C15H20ClNO2S. The van der Waals surface area contributed by atoms with Gasteiger partial charge in [0.15, 0.2) is 0 Å². The van der Waals surface area contributed by atoms with E-state index in [2.05, 4.69) is 0 Å². The Bertz CT molecular complexity index is 558. The predicted octanol–water partition coefficient (Wildman–Crippen LogP) is 2.89. The van der Waals surface area contributed by atoms with Gasteiger partial charge in [0.1, 0.15) is 0 Å². The fourth-order valence-corrected chi connectivity index (χ4v) is 5.25. The second kappa shape index (κ2) is 5.66. The van der Waals surface area contributed by atoms with Crippen LogP contribution in [0.2, 0.25) is 0 Å². The monoisotopic (exact) mass is 313 g/mol. The van der Waals surface area contributed by atoms with Crippen molar-refractivity contribution in [3.8, 4) is 0 Å². The first-order valence-electron chi connectivity index (χ1n) is 7.26. The maximum Gasteiger partial charge on any atom is 0.243 e. The Morgan fingerprint density at radius 1 is 1.10 bits per heavy atom. The number of rotatable bonds is 4. The topological polar surface area (TPSA) is 37.4 Å². The summed E-state index contributed by atoms with van der Waals surface area (Å²) in [5.41, 5.74) is 1.08. The third-order valence-corrected chi connectivity index (χ3v) is 6.67. The molecule has 2 unspecified atom stereocenters. The number of aryl methyl sites for hydroxylation is 1. The highest BCUT2D eigenvalue weighted by Crippen LogP contribution is 2.39. The average molecular weight is 314 g/mol. The van der Waals surface area contributed by atoms with Crippen LogP contribution in [0.25, 0.3) is 0 Å². The minimum absolute atomic E-state index is 0.413. The van der Waals surface area contributed by atoms with Crippen molar-refractivity contribution in [2.24, 2.45) is 11.8 Å². The summed E-state index contributed by atoms with van der Waals surface area (Å²) in [4.78, 5) is 0.413. The van der Waals surface area contributed by atoms with E-state index < -0.39 is 10.0 Å². The first-order chi connectivity index (χ1) is 9.61.